The molecule has 1 atom stereocenters. The minimum Gasteiger partial charge on any atom is -0.495 e. The summed E-state index contributed by atoms with van der Waals surface area (Å²) in [7, 11) is 3.04. The van der Waals surface area contributed by atoms with Gasteiger partial charge in [-0.25, -0.2) is 4.98 Å². The Morgan fingerprint density at radius 3 is 2.70 bits per heavy atom. The summed E-state index contributed by atoms with van der Waals surface area (Å²) in [5.41, 5.74) is 2.42. The number of amides is 1. The third-order valence-corrected chi connectivity index (χ3v) is 5.45. The van der Waals surface area contributed by atoms with E-state index in [1.54, 1.807) is 12.1 Å². The first-order valence-electron chi connectivity index (χ1n) is 8.29. The molecule has 1 heterocycles. The van der Waals surface area contributed by atoms with Crippen molar-refractivity contribution in [3.63, 3.8) is 0 Å². The molecule has 0 saturated carbocycles. The van der Waals surface area contributed by atoms with Crippen molar-refractivity contribution < 1.29 is 14.3 Å². The molecule has 8 heteroatoms. The van der Waals surface area contributed by atoms with Crippen molar-refractivity contribution in [3.05, 3.63) is 47.2 Å². The highest BCUT2D eigenvalue weighted by molar-refractivity contribution is 8.00. The predicted octanol–water partition coefficient (Wildman–Crippen LogP) is 4.67. The molecule has 3 aromatic rings. The molecule has 1 unspecified atom stereocenters. The number of nitrogens with zero attached hydrogens (tertiary/aromatic N) is 1. The van der Waals surface area contributed by atoms with E-state index < -0.39 is 0 Å². The Kier molecular flexibility index (Phi) is 6.13. The number of halogens is 1. The zero-order valence-corrected chi connectivity index (χ0v) is 16.8. The van der Waals surface area contributed by atoms with Gasteiger partial charge in [0.05, 0.1) is 47.0 Å². The van der Waals surface area contributed by atoms with E-state index in [2.05, 4.69) is 15.3 Å². The number of rotatable bonds is 7. The molecule has 1 amide bonds. The second kappa shape index (κ2) is 8.54. The van der Waals surface area contributed by atoms with Crippen LogP contribution < -0.4 is 14.8 Å². The molecule has 3 rings (SSSR count). The molecule has 2 N–H and O–H groups in total. The third-order valence-electron chi connectivity index (χ3n) is 4.01. The normalized spacial score (nSPS) is 12.0. The summed E-state index contributed by atoms with van der Waals surface area (Å²) in [6.45, 7) is 2.02. The van der Waals surface area contributed by atoms with Gasteiger partial charge < -0.3 is 19.8 Å². The van der Waals surface area contributed by atoms with Gasteiger partial charge in [0.15, 0.2) is 0 Å². The van der Waals surface area contributed by atoms with Crippen molar-refractivity contribution in [2.45, 2.75) is 12.2 Å². The van der Waals surface area contributed by atoms with Crippen LogP contribution in [-0.2, 0) is 4.79 Å². The lowest BCUT2D eigenvalue weighted by Gasteiger charge is -2.14. The highest BCUT2D eigenvalue weighted by Crippen LogP contribution is 2.36. The number of anilines is 1. The van der Waals surface area contributed by atoms with Crippen LogP contribution in [0, 0.1) is 0 Å². The number of methoxy groups -OCH3 is 2. The van der Waals surface area contributed by atoms with Crippen molar-refractivity contribution >= 4 is 46.0 Å². The molecule has 0 aliphatic carbocycles. The topological polar surface area (TPSA) is 76.2 Å². The number of carbonyl (C=O) groups is 1. The van der Waals surface area contributed by atoms with Crippen molar-refractivity contribution in [2.75, 3.05) is 25.3 Å². The summed E-state index contributed by atoms with van der Waals surface area (Å²) in [4.78, 5) is 20.2. The van der Waals surface area contributed by atoms with Gasteiger partial charge in [0.2, 0.25) is 5.91 Å². The molecule has 0 fully saturated rings. The minimum absolute atomic E-state index is 0.0461. The van der Waals surface area contributed by atoms with E-state index in [9.17, 15) is 4.79 Å². The number of fused-ring (bicyclic) bond motifs is 1. The van der Waals surface area contributed by atoms with Crippen molar-refractivity contribution in [1.82, 2.24) is 9.97 Å². The zero-order chi connectivity index (χ0) is 19.4. The molecule has 27 heavy (non-hydrogen) atoms. The van der Waals surface area contributed by atoms with Crippen LogP contribution in [0.25, 0.3) is 11.0 Å². The summed E-state index contributed by atoms with van der Waals surface area (Å²) in [5, 5.41) is 3.31. The summed E-state index contributed by atoms with van der Waals surface area (Å²) < 4.78 is 10.5. The number of imidazole rings is 1. The first kappa shape index (κ1) is 19.4. The number of hydrogen-bond acceptors (Lipinski definition) is 5. The quantitative estimate of drug-likeness (QED) is 0.597. The Labute approximate surface area is 166 Å². The van der Waals surface area contributed by atoms with Gasteiger partial charge in [0, 0.05) is 12.1 Å². The third kappa shape index (κ3) is 4.48. The molecule has 142 valence electrons. The highest BCUT2D eigenvalue weighted by Gasteiger charge is 2.16. The smallest absolute Gasteiger partial charge is 0.234 e. The molecule has 6 nitrogen and oxygen atoms in total. The molecule has 0 radical (unpaired) electrons. The minimum atomic E-state index is -0.148. The fourth-order valence-electron chi connectivity index (χ4n) is 2.59. The van der Waals surface area contributed by atoms with E-state index in [1.807, 2.05) is 31.2 Å². The van der Waals surface area contributed by atoms with Crippen LogP contribution >= 0.6 is 23.4 Å². The van der Waals surface area contributed by atoms with Gasteiger partial charge in [-0.15, -0.1) is 11.8 Å². The lowest BCUT2D eigenvalue weighted by molar-refractivity contribution is -0.113. The average Bonchev–Trinajstić information content (AvgIpc) is 3.11. The monoisotopic (exact) mass is 405 g/mol. The van der Waals surface area contributed by atoms with E-state index >= 15 is 0 Å². The number of nitrogens with one attached hydrogen (secondary N) is 2. The van der Waals surface area contributed by atoms with Gasteiger partial charge in [-0.3, -0.25) is 4.79 Å². The average molecular weight is 406 g/mol. The van der Waals surface area contributed by atoms with Gasteiger partial charge in [-0.1, -0.05) is 23.7 Å². The highest BCUT2D eigenvalue weighted by atomic mass is 35.5. The van der Waals surface area contributed by atoms with Gasteiger partial charge in [-0.05, 0) is 19.1 Å². The Bertz CT molecular complexity index is 928. The lowest BCUT2D eigenvalue weighted by Crippen LogP contribution is -2.15. The van der Waals surface area contributed by atoms with Crippen LogP contribution in [0.4, 0.5) is 5.69 Å². The Hall–Kier alpha value is -2.38. The number of benzene rings is 2. The number of H-pyrrole nitrogens is 1. The largest absolute Gasteiger partial charge is 0.495 e. The van der Waals surface area contributed by atoms with E-state index in [-0.39, 0.29) is 16.9 Å². The first-order chi connectivity index (χ1) is 13.0. The van der Waals surface area contributed by atoms with Crippen LogP contribution in [0.1, 0.15) is 18.0 Å². The van der Waals surface area contributed by atoms with Crippen LogP contribution in [0.3, 0.4) is 0 Å². The summed E-state index contributed by atoms with van der Waals surface area (Å²) in [6.07, 6.45) is 0. The predicted molar refractivity (Wildman–Crippen MR) is 110 cm³/mol. The fourth-order valence-corrected chi connectivity index (χ4v) is 3.56. The van der Waals surface area contributed by atoms with E-state index in [0.29, 0.717) is 22.2 Å². The number of hydrogen-bond donors (Lipinski definition) is 2. The second-order valence-corrected chi connectivity index (χ2v) is 7.56. The number of carbonyl (C=O) groups excluding carboxylic acids is 1. The first-order valence-corrected chi connectivity index (χ1v) is 9.72. The Morgan fingerprint density at radius 1 is 1.26 bits per heavy atom. The maximum Gasteiger partial charge on any atom is 0.234 e. The SMILES string of the molecule is COc1cc(NC(=O)CSC(C)c2nc3ccccc3[nH]2)c(OC)cc1Cl. The van der Waals surface area contributed by atoms with E-state index in [1.165, 1.54) is 26.0 Å². The lowest BCUT2D eigenvalue weighted by atomic mass is 10.2. The molecule has 1 aromatic heterocycles. The summed E-state index contributed by atoms with van der Waals surface area (Å²) in [6, 6.07) is 11.1. The molecule has 2 aromatic carbocycles. The Balaban J connectivity index is 1.64. The van der Waals surface area contributed by atoms with Crippen LogP contribution in [0.5, 0.6) is 11.5 Å². The van der Waals surface area contributed by atoms with Crippen LogP contribution in [0.15, 0.2) is 36.4 Å². The molecular formula is C19H20ClN3O3S. The molecule has 0 aliphatic heterocycles. The number of aromatic nitrogens is 2. The van der Waals surface area contributed by atoms with Gasteiger partial charge in [0.1, 0.15) is 17.3 Å². The van der Waals surface area contributed by atoms with Crippen LogP contribution in [0.2, 0.25) is 5.02 Å². The van der Waals surface area contributed by atoms with Gasteiger partial charge >= 0.3 is 0 Å². The van der Waals surface area contributed by atoms with E-state index in [0.717, 1.165) is 16.9 Å². The molecule has 0 aliphatic rings. The van der Waals surface area contributed by atoms with Crippen LogP contribution in [-0.4, -0.2) is 35.8 Å². The number of aromatic amines is 1. The summed E-state index contributed by atoms with van der Waals surface area (Å²) in [5.74, 6) is 1.91. The number of thioether (sulfide) groups is 1. The van der Waals surface area contributed by atoms with Gasteiger partial charge in [-0.2, -0.15) is 0 Å². The van der Waals surface area contributed by atoms with Gasteiger partial charge in [0.25, 0.3) is 0 Å². The number of para-hydroxylation sites is 2. The van der Waals surface area contributed by atoms with Crippen molar-refractivity contribution in [1.29, 1.82) is 0 Å². The summed E-state index contributed by atoms with van der Waals surface area (Å²) >= 11 is 7.58. The maximum atomic E-state index is 12.4. The molecule has 0 saturated heterocycles. The maximum absolute atomic E-state index is 12.4. The van der Waals surface area contributed by atoms with Crippen molar-refractivity contribution in [2.24, 2.45) is 0 Å². The van der Waals surface area contributed by atoms with E-state index in [4.69, 9.17) is 21.1 Å². The fraction of sp³-hybridized carbons (Fsp3) is 0.263. The Morgan fingerprint density at radius 2 is 2.00 bits per heavy atom. The van der Waals surface area contributed by atoms with Crippen molar-refractivity contribution in [3.8, 4) is 11.5 Å². The molecular weight excluding hydrogens is 386 g/mol. The standard InChI is InChI=1S/C19H20ClN3O3S/c1-11(19-22-13-6-4-5-7-14(13)23-19)27-10-18(24)21-15-9-16(25-2)12(20)8-17(15)26-3/h4-9,11H,10H2,1-3H3,(H,21,24)(H,22,23). The zero-order valence-electron chi connectivity index (χ0n) is 15.2. The number of ether oxygens (including phenoxy) is 2. The molecule has 0 bridgehead atoms. The second-order valence-electron chi connectivity index (χ2n) is 5.83. The molecule has 0 spiro atoms.